The van der Waals surface area contributed by atoms with Gasteiger partial charge in [-0.15, -0.1) is 0 Å². The van der Waals surface area contributed by atoms with Gasteiger partial charge in [0, 0.05) is 31.9 Å². The number of hydrogen-bond donors (Lipinski definition) is 1. The van der Waals surface area contributed by atoms with Crippen LogP contribution in [0.4, 0.5) is 6.01 Å². The number of amides is 2. The highest BCUT2D eigenvalue weighted by Gasteiger charge is 2.30. The second-order valence-corrected chi connectivity index (χ2v) is 11.3. The first-order chi connectivity index (χ1) is 21.0. The van der Waals surface area contributed by atoms with E-state index in [9.17, 15) is 9.59 Å². The average molecular weight is 576 g/mol. The van der Waals surface area contributed by atoms with E-state index < -0.39 is 0 Å². The maximum atomic E-state index is 13.6. The summed E-state index contributed by atoms with van der Waals surface area (Å²) >= 11 is 0. The van der Waals surface area contributed by atoms with Crippen molar-refractivity contribution in [1.82, 2.24) is 29.3 Å². The second-order valence-electron chi connectivity index (χ2n) is 11.3. The minimum absolute atomic E-state index is 0.00462. The summed E-state index contributed by atoms with van der Waals surface area (Å²) in [6.45, 7) is 6.08. The minimum atomic E-state index is -0.354. The zero-order valence-electron chi connectivity index (χ0n) is 24.1. The molecule has 2 aliphatic rings. The maximum absolute atomic E-state index is 13.6. The summed E-state index contributed by atoms with van der Waals surface area (Å²) in [7, 11) is 0. The number of nitrogens with zero attached hydrogens (tertiary/aromatic N) is 6. The normalized spacial score (nSPS) is 17.5. The smallest absolute Gasteiger partial charge is 0.302 e. The lowest BCUT2D eigenvalue weighted by Gasteiger charge is -2.16. The van der Waals surface area contributed by atoms with Gasteiger partial charge in [-0.25, -0.2) is 9.97 Å². The highest BCUT2D eigenvalue weighted by atomic mass is 16.4. The Morgan fingerprint density at radius 2 is 1.88 bits per heavy atom. The lowest BCUT2D eigenvalue weighted by Crippen LogP contribution is -2.28. The molecule has 218 valence electrons. The van der Waals surface area contributed by atoms with Gasteiger partial charge in [-0.2, -0.15) is 4.98 Å². The molecule has 2 fully saturated rings. The lowest BCUT2D eigenvalue weighted by atomic mass is 10.1. The fourth-order valence-corrected chi connectivity index (χ4v) is 6.19. The number of aryl methyl sites for hydroxylation is 1. The van der Waals surface area contributed by atoms with Crippen LogP contribution < -0.4 is 5.32 Å². The predicted molar refractivity (Wildman–Crippen MR) is 165 cm³/mol. The first kappa shape index (κ1) is 27.0. The Labute approximate surface area is 249 Å². The Morgan fingerprint density at radius 1 is 1.05 bits per heavy atom. The van der Waals surface area contributed by atoms with Gasteiger partial charge in [-0.3, -0.25) is 19.8 Å². The summed E-state index contributed by atoms with van der Waals surface area (Å²) in [6, 6.07) is 15.9. The van der Waals surface area contributed by atoms with E-state index in [0.717, 1.165) is 37.2 Å². The fourth-order valence-electron chi connectivity index (χ4n) is 6.19. The highest BCUT2D eigenvalue weighted by molar-refractivity contribution is 6.12. The van der Waals surface area contributed by atoms with Gasteiger partial charge in [0.1, 0.15) is 17.5 Å². The Balaban J connectivity index is 1.10. The monoisotopic (exact) mass is 575 g/mol. The van der Waals surface area contributed by atoms with Gasteiger partial charge in [0.15, 0.2) is 5.58 Å². The molecule has 2 saturated heterocycles. The summed E-state index contributed by atoms with van der Waals surface area (Å²) in [5.74, 6) is -0.333. The molecule has 5 aromatic rings. The third-order valence-electron chi connectivity index (χ3n) is 8.45. The molecule has 10 heteroatoms. The number of anilines is 1. The third-order valence-corrected chi connectivity index (χ3v) is 8.45. The Hall–Kier alpha value is -4.83. The van der Waals surface area contributed by atoms with Crippen molar-refractivity contribution < 1.29 is 14.0 Å². The number of carbonyl (C=O) groups is 2. The standard InChI is InChI=1S/C33H33N7O3/c1-22-30-26(32(42)37-33-36-27-18-24(11-12-28(27)43-33)23-8-3-2-4-9-23)20-40(31(30)35-21-34-22)25-13-17-39(19-25)29(41)10-7-16-38-14-5-6-15-38/h2-4,7-12,18,20-21,25H,5-6,13-17,19H2,1H3,(H,36,37,42)/b10-7+/t25-/m1/s1. The topological polar surface area (TPSA) is 109 Å². The summed E-state index contributed by atoms with van der Waals surface area (Å²) in [5, 5.41) is 3.52. The summed E-state index contributed by atoms with van der Waals surface area (Å²) < 4.78 is 7.88. The summed E-state index contributed by atoms with van der Waals surface area (Å²) in [5.41, 5.74) is 5.15. The number of nitrogens with one attached hydrogen (secondary N) is 1. The molecule has 1 atom stereocenters. The molecule has 1 N–H and O–H groups in total. The van der Waals surface area contributed by atoms with Gasteiger partial charge >= 0.3 is 6.01 Å². The van der Waals surface area contributed by atoms with Gasteiger partial charge in [0.25, 0.3) is 5.91 Å². The molecule has 2 amide bonds. The Morgan fingerprint density at radius 3 is 2.72 bits per heavy atom. The molecule has 7 rings (SSSR count). The number of likely N-dealkylation sites (tertiary alicyclic amines) is 2. The molecule has 0 spiro atoms. The van der Waals surface area contributed by atoms with Crippen LogP contribution in [0, 0.1) is 6.92 Å². The third kappa shape index (κ3) is 5.41. The zero-order valence-corrected chi connectivity index (χ0v) is 24.1. The largest absolute Gasteiger partial charge is 0.423 e. The van der Waals surface area contributed by atoms with Crippen LogP contribution in [0.25, 0.3) is 33.3 Å². The van der Waals surface area contributed by atoms with Crippen molar-refractivity contribution in [2.45, 2.75) is 32.2 Å². The van der Waals surface area contributed by atoms with E-state index >= 15 is 0 Å². The van der Waals surface area contributed by atoms with Crippen molar-refractivity contribution in [3.63, 3.8) is 0 Å². The molecule has 0 radical (unpaired) electrons. The molecule has 2 aliphatic heterocycles. The van der Waals surface area contributed by atoms with E-state index in [1.807, 2.05) is 77.2 Å². The van der Waals surface area contributed by atoms with Crippen LogP contribution in [0.15, 0.2) is 77.6 Å². The Bertz CT molecular complexity index is 1840. The molecule has 43 heavy (non-hydrogen) atoms. The first-order valence-electron chi connectivity index (χ1n) is 14.8. The number of aromatic nitrogens is 4. The van der Waals surface area contributed by atoms with Crippen molar-refractivity contribution in [3.8, 4) is 11.1 Å². The number of oxazole rings is 1. The van der Waals surface area contributed by atoms with Crippen LogP contribution in [0.5, 0.6) is 0 Å². The van der Waals surface area contributed by atoms with Gasteiger partial charge in [-0.1, -0.05) is 42.5 Å². The molecule has 0 saturated carbocycles. The number of rotatable bonds is 7. The van der Waals surface area contributed by atoms with Crippen LogP contribution in [-0.4, -0.2) is 73.9 Å². The molecule has 0 unspecified atom stereocenters. The number of carbonyl (C=O) groups excluding carboxylic acids is 2. The fraction of sp³-hybridized carbons (Fsp3) is 0.303. The summed E-state index contributed by atoms with van der Waals surface area (Å²) in [4.78, 5) is 44.2. The molecule has 2 aromatic carbocycles. The van der Waals surface area contributed by atoms with Gasteiger partial charge in [0.2, 0.25) is 5.91 Å². The van der Waals surface area contributed by atoms with E-state index in [-0.39, 0.29) is 23.9 Å². The molecular weight excluding hydrogens is 542 g/mol. The van der Waals surface area contributed by atoms with E-state index in [2.05, 4.69) is 25.2 Å². The van der Waals surface area contributed by atoms with Crippen molar-refractivity contribution >= 4 is 40.0 Å². The maximum Gasteiger partial charge on any atom is 0.302 e. The van der Waals surface area contributed by atoms with E-state index in [0.29, 0.717) is 46.5 Å². The number of benzene rings is 2. The Kier molecular flexibility index (Phi) is 7.20. The number of hydrogen-bond acceptors (Lipinski definition) is 7. The SMILES string of the molecule is Cc1ncnc2c1c(C(=O)Nc1nc3cc(-c4ccccc4)ccc3o1)cn2[C@@H]1CCN(C(=O)/C=C/CN2CCCC2)C1. The van der Waals surface area contributed by atoms with E-state index in [1.165, 1.54) is 19.2 Å². The van der Waals surface area contributed by atoms with Crippen LogP contribution >= 0.6 is 0 Å². The van der Waals surface area contributed by atoms with Crippen molar-refractivity contribution in [3.05, 3.63) is 84.5 Å². The minimum Gasteiger partial charge on any atom is -0.423 e. The zero-order chi connectivity index (χ0) is 29.3. The average Bonchev–Trinajstić information content (AvgIpc) is 3.83. The summed E-state index contributed by atoms with van der Waals surface area (Å²) in [6.07, 6.45) is 10.2. The van der Waals surface area contributed by atoms with Crippen molar-refractivity contribution in [1.29, 1.82) is 0 Å². The second kappa shape index (κ2) is 11.4. The van der Waals surface area contributed by atoms with Gasteiger partial charge in [0.05, 0.1) is 22.7 Å². The lowest BCUT2D eigenvalue weighted by molar-refractivity contribution is -0.125. The van der Waals surface area contributed by atoms with Crippen LogP contribution in [0.2, 0.25) is 0 Å². The molecular formula is C33H33N7O3. The molecule has 3 aromatic heterocycles. The van der Waals surface area contributed by atoms with E-state index in [1.54, 1.807) is 6.08 Å². The molecule has 5 heterocycles. The first-order valence-corrected chi connectivity index (χ1v) is 14.8. The predicted octanol–water partition coefficient (Wildman–Crippen LogP) is 5.23. The van der Waals surface area contributed by atoms with E-state index in [4.69, 9.17) is 4.42 Å². The molecule has 0 bridgehead atoms. The quantitative estimate of drug-likeness (QED) is 0.265. The van der Waals surface area contributed by atoms with Crippen molar-refractivity contribution in [2.24, 2.45) is 0 Å². The van der Waals surface area contributed by atoms with Crippen LogP contribution in [-0.2, 0) is 4.79 Å². The van der Waals surface area contributed by atoms with Crippen molar-refractivity contribution in [2.75, 3.05) is 38.0 Å². The van der Waals surface area contributed by atoms with Gasteiger partial charge in [-0.05, 0) is 62.5 Å². The number of fused-ring (bicyclic) bond motifs is 2. The molecule has 0 aliphatic carbocycles. The molecule has 10 nitrogen and oxygen atoms in total. The van der Waals surface area contributed by atoms with Crippen LogP contribution in [0.3, 0.4) is 0 Å². The van der Waals surface area contributed by atoms with Crippen LogP contribution in [0.1, 0.15) is 41.4 Å². The van der Waals surface area contributed by atoms with Gasteiger partial charge < -0.3 is 13.9 Å². The highest BCUT2D eigenvalue weighted by Crippen LogP contribution is 2.31.